The molecular weight excluding hydrogens is 255 g/mol. The summed E-state index contributed by atoms with van der Waals surface area (Å²) in [6.45, 7) is 0. The van der Waals surface area contributed by atoms with Gasteiger partial charge in [0.05, 0.1) is 17.3 Å². The summed E-state index contributed by atoms with van der Waals surface area (Å²) in [6, 6.07) is 3.39. The van der Waals surface area contributed by atoms with Crippen molar-refractivity contribution >= 4 is 29.3 Å². The third-order valence-corrected chi connectivity index (χ3v) is 2.76. The fourth-order valence-corrected chi connectivity index (χ4v) is 1.97. The number of rotatable bonds is 2. The normalized spacial score (nSPS) is 10.4. The van der Waals surface area contributed by atoms with Gasteiger partial charge in [-0.3, -0.25) is 0 Å². The molecule has 0 aliphatic carbocycles. The predicted octanol–water partition coefficient (Wildman–Crippen LogP) is 2.70. The van der Waals surface area contributed by atoms with Crippen LogP contribution in [0.4, 0.5) is 4.39 Å². The van der Waals surface area contributed by atoms with Gasteiger partial charge in [0.1, 0.15) is 11.5 Å². The predicted molar refractivity (Wildman–Crippen MR) is 57.3 cm³/mol. The number of carboxylic acid groups (broad SMARTS) is 1. The largest absolute Gasteiger partial charge is 0.478 e. The third kappa shape index (κ3) is 2.02. The lowest BCUT2D eigenvalue weighted by molar-refractivity contribution is 0.0696. The lowest BCUT2D eigenvalue weighted by Gasteiger charge is -2.00. The van der Waals surface area contributed by atoms with E-state index < -0.39 is 11.8 Å². The Morgan fingerprint density at radius 2 is 2.12 bits per heavy atom. The molecule has 2 aromatic rings. The monoisotopic (exact) mass is 258 g/mol. The fraction of sp³-hybridized carbons (Fsp3) is 0. The lowest BCUT2D eigenvalue weighted by atomic mass is 10.1. The summed E-state index contributed by atoms with van der Waals surface area (Å²) < 4.78 is 20.8. The van der Waals surface area contributed by atoms with Crippen LogP contribution < -0.4 is 0 Å². The molecule has 0 spiro atoms. The lowest BCUT2D eigenvalue weighted by Crippen LogP contribution is -1.97. The van der Waals surface area contributed by atoms with Gasteiger partial charge in [-0.05, 0) is 18.2 Å². The molecule has 1 heterocycles. The van der Waals surface area contributed by atoms with E-state index in [4.69, 9.17) is 16.7 Å². The third-order valence-electron chi connectivity index (χ3n) is 1.87. The Hall–Kier alpha value is -1.53. The molecule has 1 N–H and O–H groups in total. The Balaban J connectivity index is 2.58. The second-order valence-electron chi connectivity index (χ2n) is 2.94. The molecule has 82 valence electrons. The second-order valence-corrected chi connectivity index (χ2v) is 3.82. The van der Waals surface area contributed by atoms with Crippen LogP contribution in [0.15, 0.2) is 18.2 Å². The number of aromatic nitrogens is 2. The minimum absolute atomic E-state index is 0.131. The average molecular weight is 259 g/mol. The Labute approximate surface area is 98.6 Å². The molecule has 1 aromatic heterocycles. The van der Waals surface area contributed by atoms with Crippen molar-refractivity contribution in [2.24, 2.45) is 0 Å². The molecule has 16 heavy (non-hydrogen) atoms. The van der Waals surface area contributed by atoms with Crippen LogP contribution in [0, 0.1) is 5.82 Å². The van der Waals surface area contributed by atoms with Crippen molar-refractivity contribution < 1.29 is 14.3 Å². The van der Waals surface area contributed by atoms with Gasteiger partial charge in [0.25, 0.3) is 0 Å². The van der Waals surface area contributed by atoms with Crippen molar-refractivity contribution in [3.05, 3.63) is 34.7 Å². The zero-order valence-electron chi connectivity index (χ0n) is 7.65. The first-order chi connectivity index (χ1) is 7.58. The SMILES string of the molecule is O=C(O)c1cc(F)cc(-c2nsnc2Cl)c1. The summed E-state index contributed by atoms with van der Waals surface area (Å²) in [7, 11) is 0. The van der Waals surface area contributed by atoms with Gasteiger partial charge in [-0.2, -0.15) is 8.75 Å². The van der Waals surface area contributed by atoms with Gasteiger partial charge < -0.3 is 5.11 Å². The van der Waals surface area contributed by atoms with E-state index in [1.807, 2.05) is 0 Å². The molecule has 0 amide bonds. The molecule has 0 fully saturated rings. The summed E-state index contributed by atoms with van der Waals surface area (Å²) in [4.78, 5) is 10.7. The number of aromatic carboxylic acids is 1. The minimum Gasteiger partial charge on any atom is -0.478 e. The molecule has 0 unspecified atom stereocenters. The van der Waals surface area contributed by atoms with Crippen LogP contribution in [0.1, 0.15) is 10.4 Å². The molecular formula is C9H4ClFN2O2S. The number of carbonyl (C=O) groups is 1. The minimum atomic E-state index is -1.21. The zero-order chi connectivity index (χ0) is 11.7. The van der Waals surface area contributed by atoms with E-state index >= 15 is 0 Å². The van der Waals surface area contributed by atoms with Crippen LogP contribution >= 0.6 is 23.3 Å². The summed E-state index contributed by atoms with van der Waals surface area (Å²) in [5, 5.41) is 8.90. The Bertz CT molecular complexity index is 558. The maximum atomic E-state index is 13.2. The van der Waals surface area contributed by atoms with Crippen LogP contribution in [0.5, 0.6) is 0 Å². The molecule has 0 aliphatic rings. The van der Waals surface area contributed by atoms with E-state index in [1.165, 1.54) is 6.07 Å². The van der Waals surface area contributed by atoms with Crippen LogP contribution in [0.25, 0.3) is 11.3 Å². The number of halogens is 2. The maximum absolute atomic E-state index is 13.2. The highest BCUT2D eigenvalue weighted by molar-refractivity contribution is 6.99. The summed E-state index contributed by atoms with van der Waals surface area (Å²) in [5.41, 5.74) is 0.434. The van der Waals surface area contributed by atoms with Gasteiger partial charge >= 0.3 is 5.97 Å². The van der Waals surface area contributed by atoms with E-state index in [0.717, 1.165) is 23.9 Å². The number of benzene rings is 1. The van der Waals surface area contributed by atoms with E-state index in [9.17, 15) is 9.18 Å². The van der Waals surface area contributed by atoms with E-state index in [1.54, 1.807) is 0 Å². The first kappa shape index (κ1) is 11.0. The number of nitrogens with zero attached hydrogens (tertiary/aromatic N) is 2. The van der Waals surface area contributed by atoms with Gasteiger partial charge in [0.15, 0.2) is 5.15 Å². The van der Waals surface area contributed by atoms with Crippen molar-refractivity contribution in [1.82, 2.24) is 8.75 Å². The molecule has 0 aliphatic heterocycles. The molecule has 7 heteroatoms. The highest BCUT2D eigenvalue weighted by atomic mass is 35.5. The molecule has 0 bridgehead atoms. The quantitative estimate of drug-likeness (QED) is 0.900. The number of carboxylic acids is 1. The summed E-state index contributed by atoms with van der Waals surface area (Å²) >= 11 is 6.60. The highest BCUT2D eigenvalue weighted by Crippen LogP contribution is 2.27. The Morgan fingerprint density at radius 3 is 2.69 bits per heavy atom. The molecule has 4 nitrogen and oxygen atoms in total. The smallest absolute Gasteiger partial charge is 0.335 e. The van der Waals surface area contributed by atoms with E-state index in [-0.39, 0.29) is 16.4 Å². The molecule has 2 rings (SSSR count). The molecule has 0 radical (unpaired) electrons. The number of hydrogen-bond donors (Lipinski definition) is 1. The van der Waals surface area contributed by atoms with E-state index in [0.29, 0.717) is 5.56 Å². The molecule has 0 saturated heterocycles. The van der Waals surface area contributed by atoms with Crippen molar-refractivity contribution in [1.29, 1.82) is 0 Å². The van der Waals surface area contributed by atoms with Crippen LogP contribution in [-0.2, 0) is 0 Å². The molecule has 0 atom stereocenters. The van der Waals surface area contributed by atoms with Crippen molar-refractivity contribution in [3.63, 3.8) is 0 Å². The zero-order valence-corrected chi connectivity index (χ0v) is 9.22. The van der Waals surface area contributed by atoms with Gasteiger partial charge in [0, 0.05) is 5.56 Å². The molecule has 0 saturated carbocycles. The van der Waals surface area contributed by atoms with Gasteiger partial charge in [0.2, 0.25) is 0 Å². The van der Waals surface area contributed by atoms with Gasteiger partial charge in [-0.15, -0.1) is 0 Å². The topological polar surface area (TPSA) is 63.1 Å². The van der Waals surface area contributed by atoms with Gasteiger partial charge in [-0.1, -0.05) is 11.6 Å². The Morgan fingerprint density at radius 1 is 1.38 bits per heavy atom. The summed E-state index contributed by atoms with van der Waals surface area (Å²) in [6.07, 6.45) is 0. The van der Waals surface area contributed by atoms with Crippen molar-refractivity contribution in [2.75, 3.05) is 0 Å². The highest BCUT2D eigenvalue weighted by Gasteiger charge is 2.13. The first-order valence-corrected chi connectivity index (χ1v) is 5.21. The Kier molecular flexibility index (Phi) is 2.84. The fourth-order valence-electron chi connectivity index (χ4n) is 1.20. The van der Waals surface area contributed by atoms with Crippen LogP contribution in [0.3, 0.4) is 0 Å². The van der Waals surface area contributed by atoms with Gasteiger partial charge in [-0.25, -0.2) is 9.18 Å². The summed E-state index contributed by atoms with van der Waals surface area (Å²) in [5.74, 6) is -1.86. The number of hydrogen-bond acceptors (Lipinski definition) is 4. The van der Waals surface area contributed by atoms with Crippen LogP contribution in [-0.4, -0.2) is 19.8 Å². The average Bonchev–Trinajstić information content (AvgIpc) is 2.63. The molecule has 1 aromatic carbocycles. The van der Waals surface area contributed by atoms with Crippen molar-refractivity contribution in [2.45, 2.75) is 0 Å². The maximum Gasteiger partial charge on any atom is 0.335 e. The van der Waals surface area contributed by atoms with Crippen LogP contribution in [0.2, 0.25) is 5.15 Å². The van der Waals surface area contributed by atoms with Crippen molar-refractivity contribution in [3.8, 4) is 11.3 Å². The second kappa shape index (κ2) is 4.15. The van der Waals surface area contributed by atoms with E-state index in [2.05, 4.69) is 8.75 Å². The standard InChI is InChI=1S/C9H4ClFN2O2S/c10-8-7(12-16-13-8)4-1-5(9(14)15)3-6(11)2-4/h1-3H,(H,14,15). The first-order valence-electron chi connectivity index (χ1n) is 4.10.